The number of hydrogen-bond donors (Lipinski definition) is 0. The number of pyridine rings is 1. The number of para-hydroxylation sites is 1. The molecule has 3 aromatic heterocycles. The Morgan fingerprint density at radius 3 is 2.62 bits per heavy atom. The topological polar surface area (TPSA) is 43.1 Å². The highest BCUT2D eigenvalue weighted by atomic mass is 79.9. The average Bonchev–Trinajstić information content (AvgIpc) is 3.00. The highest BCUT2D eigenvalue weighted by Gasteiger charge is 2.35. The van der Waals surface area contributed by atoms with Crippen molar-refractivity contribution in [3.63, 3.8) is 0 Å². The molecule has 26 heavy (non-hydrogen) atoms. The summed E-state index contributed by atoms with van der Waals surface area (Å²) in [5.41, 5.74) is 1.80. The van der Waals surface area contributed by atoms with Crippen molar-refractivity contribution in [1.82, 2.24) is 19.4 Å². The molecular weight excluding hydrogens is 429 g/mol. The molecule has 0 N–H and O–H groups in total. The van der Waals surface area contributed by atoms with Gasteiger partial charge in [0.2, 0.25) is 5.82 Å². The van der Waals surface area contributed by atoms with E-state index in [-0.39, 0.29) is 5.52 Å². The van der Waals surface area contributed by atoms with Gasteiger partial charge in [0.05, 0.1) is 11.2 Å². The standard InChI is InChI=1S/C17H10BrF3N4S/c18-10-5-6-14-22-11(8-25(14)7-10)9-26-15-12-3-1-2-4-13(12)23-16(24-15)17(19,20)21/h1-8H,9H2. The van der Waals surface area contributed by atoms with Gasteiger partial charge >= 0.3 is 6.18 Å². The fourth-order valence-electron chi connectivity index (χ4n) is 2.51. The van der Waals surface area contributed by atoms with E-state index in [2.05, 4.69) is 30.9 Å². The maximum absolute atomic E-state index is 13.1. The molecule has 0 amide bonds. The summed E-state index contributed by atoms with van der Waals surface area (Å²) >= 11 is 4.61. The van der Waals surface area contributed by atoms with Crippen LogP contribution in [0.25, 0.3) is 16.6 Å². The Bertz CT molecular complexity index is 1110. The Labute approximate surface area is 158 Å². The zero-order chi connectivity index (χ0) is 18.3. The van der Waals surface area contributed by atoms with Crippen molar-refractivity contribution in [2.75, 3.05) is 0 Å². The van der Waals surface area contributed by atoms with E-state index < -0.39 is 12.0 Å². The first-order valence-electron chi connectivity index (χ1n) is 7.50. The average molecular weight is 439 g/mol. The van der Waals surface area contributed by atoms with E-state index in [1.54, 1.807) is 24.3 Å². The van der Waals surface area contributed by atoms with Crippen molar-refractivity contribution in [3.05, 3.63) is 64.8 Å². The molecule has 4 nitrogen and oxygen atoms in total. The molecule has 0 saturated carbocycles. The second-order valence-corrected chi connectivity index (χ2v) is 7.38. The van der Waals surface area contributed by atoms with Crippen LogP contribution in [0.15, 0.2) is 58.3 Å². The minimum absolute atomic E-state index is 0.274. The quantitative estimate of drug-likeness (QED) is 0.319. The van der Waals surface area contributed by atoms with Crippen LogP contribution < -0.4 is 0 Å². The third-order valence-electron chi connectivity index (χ3n) is 3.64. The van der Waals surface area contributed by atoms with Crippen LogP contribution in [0.5, 0.6) is 0 Å². The molecule has 0 aliphatic carbocycles. The summed E-state index contributed by atoms with van der Waals surface area (Å²) in [6.07, 6.45) is -0.867. The van der Waals surface area contributed by atoms with Crippen LogP contribution >= 0.6 is 27.7 Å². The van der Waals surface area contributed by atoms with Gasteiger partial charge in [-0.1, -0.05) is 30.0 Å². The van der Waals surface area contributed by atoms with Gasteiger partial charge in [-0.15, -0.1) is 0 Å². The van der Waals surface area contributed by atoms with Gasteiger partial charge in [-0.25, -0.2) is 15.0 Å². The van der Waals surface area contributed by atoms with E-state index in [0.29, 0.717) is 16.2 Å². The van der Waals surface area contributed by atoms with Crippen LogP contribution in [-0.2, 0) is 11.9 Å². The van der Waals surface area contributed by atoms with Gasteiger partial charge < -0.3 is 4.40 Å². The van der Waals surface area contributed by atoms with Crippen molar-refractivity contribution >= 4 is 44.2 Å². The van der Waals surface area contributed by atoms with Gasteiger partial charge in [0.1, 0.15) is 10.7 Å². The normalized spacial score (nSPS) is 12.2. The lowest BCUT2D eigenvalue weighted by atomic mass is 10.2. The highest BCUT2D eigenvalue weighted by molar-refractivity contribution is 9.10. The smallest absolute Gasteiger partial charge is 0.306 e. The number of benzene rings is 1. The highest BCUT2D eigenvalue weighted by Crippen LogP contribution is 2.33. The van der Waals surface area contributed by atoms with Crippen LogP contribution in [0.3, 0.4) is 0 Å². The van der Waals surface area contributed by atoms with Crippen molar-refractivity contribution < 1.29 is 13.2 Å². The number of nitrogens with zero attached hydrogens (tertiary/aromatic N) is 4. The van der Waals surface area contributed by atoms with Crippen LogP contribution in [0, 0.1) is 0 Å². The summed E-state index contributed by atoms with van der Waals surface area (Å²) in [6, 6.07) is 10.4. The maximum atomic E-state index is 13.1. The summed E-state index contributed by atoms with van der Waals surface area (Å²) in [7, 11) is 0. The summed E-state index contributed by atoms with van der Waals surface area (Å²) in [6.45, 7) is 0. The Morgan fingerprint density at radius 2 is 1.81 bits per heavy atom. The van der Waals surface area contributed by atoms with Crippen molar-refractivity contribution in [3.8, 4) is 0 Å². The first kappa shape index (κ1) is 17.3. The Balaban J connectivity index is 1.69. The van der Waals surface area contributed by atoms with Crippen molar-refractivity contribution in [1.29, 1.82) is 0 Å². The van der Waals surface area contributed by atoms with Gasteiger partial charge in [-0.05, 0) is 34.1 Å². The van der Waals surface area contributed by atoms with Crippen LogP contribution in [-0.4, -0.2) is 19.4 Å². The van der Waals surface area contributed by atoms with E-state index in [0.717, 1.165) is 15.8 Å². The van der Waals surface area contributed by atoms with E-state index >= 15 is 0 Å². The largest absolute Gasteiger partial charge is 0.451 e. The molecule has 9 heteroatoms. The maximum Gasteiger partial charge on any atom is 0.451 e. The number of fused-ring (bicyclic) bond motifs is 2. The molecule has 132 valence electrons. The molecule has 0 spiro atoms. The lowest BCUT2D eigenvalue weighted by molar-refractivity contribution is -0.145. The summed E-state index contributed by atoms with van der Waals surface area (Å²) in [5.74, 6) is -0.727. The first-order chi connectivity index (χ1) is 12.4. The zero-order valence-corrected chi connectivity index (χ0v) is 15.4. The number of rotatable bonds is 3. The Hall–Kier alpha value is -2.13. The van der Waals surface area contributed by atoms with Gasteiger partial charge in [-0.2, -0.15) is 13.2 Å². The second-order valence-electron chi connectivity index (χ2n) is 5.50. The van der Waals surface area contributed by atoms with Crippen molar-refractivity contribution in [2.45, 2.75) is 17.0 Å². The van der Waals surface area contributed by atoms with Gasteiger partial charge in [0.15, 0.2) is 0 Å². The third kappa shape index (κ3) is 3.41. The Kier molecular flexibility index (Phi) is 4.36. The number of thioether (sulfide) groups is 1. The lowest BCUT2D eigenvalue weighted by Gasteiger charge is -2.09. The number of hydrogen-bond acceptors (Lipinski definition) is 4. The summed E-state index contributed by atoms with van der Waals surface area (Å²) in [5, 5.41) is 0.887. The molecule has 1 aromatic carbocycles. The molecule has 0 aliphatic rings. The molecule has 0 bridgehead atoms. The summed E-state index contributed by atoms with van der Waals surface area (Å²) < 4.78 is 42.0. The van der Waals surface area contributed by atoms with E-state index in [9.17, 15) is 13.2 Å². The second kappa shape index (κ2) is 6.55. The zero-order valence-electron chi connectivity index (χ0n) is 13.0. The van der Waals surface area contributed by atoms with E-state index in [1.165, 1.54) is 11.8 Å². The third-order valence-corrected chi connectivity index (χ3v) is 5.14. The molecular formula is C17H10BrF3N4S. The molecule has 0 radical (unpaired) electrons. The van der Waals surface area contributed by atoms with Crippen LogP contribution in [0.2, 0.25) is 0 Å². The molecule has 0 fully saturated rings. The minimum Gasteiger partial charge on any atom is -0.306 e. The predicted octanol–water partition coefficient (Wildman–Crippen LogP) is 5.35. The minimum atomic E-state index is -4.59. The van der Waals surface area contributed by atoms with Gasteiger partial charge in [0.25, 0.3) is 0 Å². The van der Waals surface area contributed by atoms with Crippen LogP contribution in [0.1, 0.15) is 11.5 Å². The SMILES string of the molecule is FC(F)(F)c1nc(SCc2cn3cc(Br)ccc3n2)c2ccccc2n1. The molecule has 0 saturated heterocycles. The first-order valence-corrected chi connectivity index (χ1v) is 9.28. The van der Waals surface area contributed by atoms with Crippen LogP contribution in [0.4, 0.5) is 13.2 Å². The Morgan fingerprint density at radius 1 is 1.00 bits per heavy atom. The molecule has 4 aromatic rings. The predicted molar refractivity (Wildman–Crippen MR) is 97.0 cm³/mol. The fourth-order valence-corrected chi connectivity index (χ4v) is 3.77. The monoisotopic (exact) mass is 438 g/mol. The molecule has 3 heterocycles. The summed E-state index contributed by atoms with van der Waals surface area (Å²) in [4.78, 5) is 11.8. The number of alkyl halides is 3. The van der Waals surface area contributed by atoms with E-state index in [1.807, 2.05) is 28.9 Å². The lowest BCUT2D eigenvalue weighted by Crippen LogP contribution is -2.11. The van der Waals surface area contributed by atoms with Gasteiger partial charge in [0, 0.05) is 28.0 Å². The number of halogens is 4. The number of aromatic nitrogens is 4. The fraction of sp³-hybridized carbons (Fsp3) is 0.118. The molecule has 0 unspecified atom stereocenters. The molecule has 0 atom stereocenters. The number of imidazole rings is 1. The molecule has 4 rings (SSSR count). The molecule has 0 aliphatic heterocycles. The van der Waals surface area contributed by atoms with Gasteiger partial charge in [-0.3, -0.25) is 0 Å². The van der Waals surface area contributed by atoms with Crippen molar-refractivity contribution in [2.24, 2.45) is 0 Å². The van der Waals surface area contributed by atoms with E-state index in [4.69, 9.17) is 0 Å².